The van der Waals surface area contributed by atoms with Crippen LogP contribution in [0.5, 0.6) is 5.75 Å². The third-order valence-electron chi connectivity index (χ3n) is 3.07. The maximum Gasteiger partial charge on any atom is 0.331 e. The molecule has 3 rings (SSSR count). The molecule has 0 unspecified atom stereocenters. The van der Waals surface area contributed by atoms with Crippen molar-refractivity contribution in [2.45, 2.75) is 12.1 Å². The summed E-state index contributed by atoms with van der Waals surface area (Å²) < 4.78 is 10.6. The van der Waals surface area contributed by atoms with Crippen molar-refractivity contribution < 1.29 is 19.1 Å². The van der Waals surface area contributed by atoms with Crippen LogP contribution < -0.4 is 5.32 Å². The lowest BCUT2D eigenvalue weighted by atomic mass is 10.1. The highest BCUT2D eigenvalue weighted by Gasteiger charge is 2.30. The SMILES string of the molecule is O=C1C=C[C@H]([C@@H](Nc2ccccc2O)c2ccco2)O1. The van der Waals surface area contributed by atoms with E-state index < -0.39 is 12.1 Å². The first-order valence-electron chi connectivity index (χ1n) is 6.21. The van der Waals surface area contributed by atoms with E-state index in [2.05, 4.69) is 5.32 Å². The number of benzene rings is 1. The van der Waals surface area contributed by atoms with E-state index in [1.807, 2.05) is 0 Å². The van der Waals surface area contributed by atoms with Crippen LogP contribution in [0.3, 0.4) is 0 Å². The maximum atomic E-state index is 11.2. The molecule has 102 valence electrons. The zero-order valence-corrected chi connectivity index (χ0v) is 10.5. The third kappa shape index (κ3) is 2.38. The average Bonchev–Trinajstić information content (AvgIpc) is 3.09. The van der Waals surface area contributed by atoms with Crippen LogP contribution in [0.15, 0.2) is 59.2 Å². The minimum Gasteiger partial charge on any atom is -0.506 e. The maximum absolute atomic E-state index is 11.2. The topological polar surface area (TPSA) is 71.7 Å². The molecule has 5 heteroatoms. The molecule has 2 N–H and O–H groups in total. The van der Waals surface area contributed by atoms with Crippen LogP contribution in [-0.4, -0.2) is 17.2 Å². The second kappa shape index (κ2) is 5.13. The number of carbonyl (C=O) groups excluding carboxylic acids is 1. The zero-order valence-electron chi connectivity index (χ0n) is 10.5. The van der Waals surface area contributed by atoms with E-state index >= 15 is 0 Å². The molecule has 5 nitrogen and oxygen atoms in total. The molecule has 1 aromatic heterocycles. The van der Waals surface area contributed by atoms with Crippen molar-refractivity contribution >= 4 is 11.7 Å². The Hall–Kier alpha value is -2.69. The molecular weight excluding hydrogens is 258 g/mol. The van der Waals surface area contributed by atoms with Gasteiger partial charge in [-0.1, -0.05) is 12.1 Å². The second-order valence-electron chi connectivity index (χ2n) is 4.42. The molecular formula is C15H13NO4. The molecule has 0 aliphatic carbocycles. The highest BCUT2D eigenvalue weighted by atomic mass is 16.5. The van der Waals surface area contributed by atoms with E-state index in [1.54, 1.807) is 48.7 Å². The number of anilines is 1. The van der Waals surface area contributed by atoms with Crippen LogP contribution in [0.4, 0.5) is 5.69 Å². The van der Waals surface area contributed by atoms with Crippen molar-refractivity contribution in [3.8, 4) is 5.75 Å². The Balaban J connectivity index is 1.89. The molecule has 1 aliphatic heterocycles. The Bertz CT molecular complexity index is 633. The molecule has 0 spiro atoms. The molecule has 0 saturated carbocycles. The third-order valence-corrected chi connectivity index (χ3v) is 3.07. The van der Waals surface area contributed by atoms with E-state index in [1.165, 1.54) is 6.08 Å². The molecule has 0 amide bonds. The molecule has 20 heavy (non-hydrogen) atoms. The summed E-state index contributed by atoms with van der Waals surface area (Å²) in [5.74, 6) is 0.362. The van der Waals surface area contributed by atoms with Gasteiger partial charge in [-0.2, -0.15) is 0 Å². The molecule has 1 aromatic carbocycles. The van der Waals surface area contributed by atoms with Crippen LogP contribution in [0, 0.1) is 0 Å². The van der Waals surface area contributed by atoms with Crippen molar-refractivity contribution in [2.75, 3.05) is 5.32 Å². The molecule has 0 fully saturated rings. The number of cyclic esters (lactones) is 1. The van der Waals surface area contributed by atoms with Crippen LogP contribution >= 0.6 is 0 Å². The first-order chi connectivity index (χ1) is 9.74. The fourth-order valence-corrected chi connectivity index (χ4v) is 2.11. The summed E-state index contributed by atoms with van der Waals surface area (Å²) in [6, 6.07) is 10.0. The highest BCUT2D eigenvalue weighted by Crippen LogP contribution is 2.31. The zero-order chi connectivity index (χ0) is 13.9. The second-order valence-corrected chi connectivity index (χ2v) is 4.42. The minimum atomic E-state index is -0.478. The van der Waals surface area contributed by atoms with Crippen LogP contribution in [0.1, 0.15) is 11.8 Å². The van der Waals surface area contributed by atoms with E-state index in [4.69, 9.17) is 9.15 Å². The van der Waals surface area contributed by atoms with Gasteiger partial charge in [-0.05, 0) is 30.3 Å². The monoisotopic (exact) mass is 271 g/mol. The summed E-state index contributed by atoms with van der Waals surface area (Å²) >= 11 is 0. The number of nitrogens with one attached hydrogen (secondary N) is 1. The fourth-order valence-electron chi connectivity index (χ4n) is 2.11. The van der Waals surface area contributed by atoms with E-state index in [-0.39, 0.29) is 11.7 Å². The summed E-state index contributed by atoms with van der Waals surface area (Å²) in [6.45, 7) is 0. The Morgan fingerprint density at radius 3 is 2.70 bits per heavy atom. The van der Waals surface area contributed by atoms with Crippen LogP contribution in [-0.2, 0) is 9.53 Å². The lowest BCUT2D eigenvalue weighted by Crippen LogP contribution is -2.25. The van der Waals surface area contributed by atoms with E-state index in [9.17, 15) is 9.90 Å². The number of carbonyl (C=O) groups is 1. The van der Waals surface area contributed by atoms with Crippen molar-refractivity contribution in [3.63, 3.8) is 0 Å². The molecule has 0 radical (unpaired) electrons. The van der Waals surface area contributed by atoms with Crippen LogP contribution in [0.2, 0.25) is 0 Å². The first-order valence-corrected chi connectivity index (χ1v) is 6.21. The molecule has 2 heterocycles. The van der Waals surface area contributed by atoms with Gasteiger partial charge in [0.2, 0.25) is 0 Å². The van der Waals surface area contributed by atoms with Crippen molar-refractivity contribution in [2.24, 2.45) is 0 Å². The number of para-hydroxylation sites is 2. The van der Waals surface area contributed by atoms with Gasteiger partial charge in [-0.15, -0.1) is 0 Å². The summed E-state index contributed by atoms with van der Waals surface area (Å²) in [4.78, 5) is 11.2. The summed E-state index contributed by atoms with van der Waals surface area (Å²) in [6.07, 6.45) is 4.12. The molecule has 2 atom stereocenters. The van der Waals surface area contributed by atoms with Gasteiger partial charge in [0.1, 0.15) is 23.7 Å². The number of esters is 1. The Labute approximate surface area is 115 Å². The van der Waals surface area contributed by atoms with Crippen molar-refractivity contribution in [1.29, 1.82) is 0 Å². The molecule has 0 bridgehead atoms. The lowest BCUT2D eigenvalue weighted by Gasteiger charge is -2.22. The number of hydrogen-bond acceptors (Lipinski definition) is 5. The summed E-state index contributed by atoms with van der Waals surface area (Å²) in [5.41, 5.74) is 0.547. The van der Waals surface area contributed by atoms with E-state index in [0.29, 0.717) is 11.4 Å². The minimum absolute atomic E-state index is 0.123. The summed E-state index contributed by atoms with van der Waals surface area (Å²) in [5, 5.41) is 13.0. The normalized spacial score (nSPS) is 18.8. The smallest absolute Gasteiger partial charge is 0.331 e. The van der Waals surface area contributed by atoms with Gasteiger partial charge in [0, 0.05) is 6.08 Å². The molecule has 2 aromatic rings. The number of phenolic OH excluding ortho intramolecular Hbond substituents is 1. The highest BCUT2D eigenvalue weighted by molar-refractivity contribution is 5.84. The number of ether oxygens (including phenoxy) is 1. The van der Waals surface area contributed by atoms with Crippen molar-refractivity contribution in [1.82, 2.24) is 0 Å². The van der Waals surface area contributed by atoms with Gasteiger partial charge in [0.25, 0.3) is 0 Å². The lowest BCUT2D eigenvalue weighted by molar-refractivity contribution is -0.139. The standard InChI is InChI=1S/C15H13NO4/c17-11-5-2-1-4-10(11)16-15(12-6-3-9-19-12)13-7-8-14(18)20-13/h1-9,13,15-17H/t13-,15+/m1/s1. The van der Waals surface area contributed by atoms with Gasteiger partial charge in [-0.3, -0.25) is 0 Å². The number of phenols is 1. The summed E-state index contributed by atoms with van der Waals surface area (Å²) in [7, 11) is 0. The van der Waals surface area contributed by atoms with Gasteiger partial charge < -0.3 is 19.6 Å². The first kappa shape index (κ1) is 12.3. The molecule has 1 aliphatic rings. The quantitative estimate of drug-likeness (QED) is 0.660. The number of rotatable bonds is 4. The average molecular weight is 271 g/mol. The van der Waals surface area contributed by atoms with Gasteiger partial charge in [0.15, 0.2) is 0 Å². The van der Waals surface area contributed by atoms with Crippen molar-refractivity contribution in [3.05, 3.63) is 60.6 Å². The molecule has 0 saturated heterocycles. The van der Waals surface area contributed by atoms with E-state index in [0.717, 1.165) is 0 Å². The van der Waals surface area contributed by atoms with Gasteiger partial charge in [-0.25, -0.2) is 4.79 Å². The number of furan rings is 1. The van der Waals surface area contributed by atoms with Gasteiger partial charge in [0.05, 0.1) is 12.0 Å². The number of aromatic hydroxyl groups is 1. The Kier molecular flexibility index (Phi) is 3.16. The number of hydrogen-bond donors (Lipinski definition) is 2. The Morgan fingerprint density at radius 2 is 2.05 bits per heavy atom. The Morgan fingerprint density at radius 1 is 1.20 bits per heavy atom. The predicted molar refractivity (Wildman–Crippen MR) is 72.2 cm³/mol. The fraction of sp³-hybridized carbons (Fsp3) is 0.133. The largest absolute Gasteiger partial charge is 0.506 e. The predicted octanol–water partition coefficient (Wildman–Crippen LogP) is 2.62. The van der Waals surface area contributed by atoms with Crippen LogP contribution in [0.25, 0.3) is 0 Å². The van der Waals surface area contributed by atoms with Gasteiger partial charge >= 0.3 is 5.97 Å².